The Bertz CT molecular complexity index is 1090. The average Bonchev–Trinajstić information content (AvgIpc) is 3.30. The van der Waals surface area contributed by atoms with Crippen LogP contribution in [0.1, 0.15) is 30.8 Å². The topological polar surface area (TPSA) is 89.5 Å². The van der Waals surface area contributed by atoms with Gasteiger partial charge < -0.3 is 24.2 Å². The molecule has 0 aliphatic heterocycles. The van der Waals surface area contributed by atoms with E-state index in [0.29, 0.717) is 36.9 Å². The molecule has 0 radical (unpaired) electrons. The number of carbonyl (C=O) groups excluding carboxylic acids is 1. The molecule has 2 heterocycles. The van der Waals surface area contributed by atoms with Gasteiger partial charge in [0.1, 0.15) is 24.6 Å². The monoisotopic (exact) mass is 405 g/mol. The summed E-state index contributed by atoms with van der Waals surface area (Å²) >= 11 is 0. The molecule has 1 aliphatic rings. The van der Waals surface area contributed by atoms with E-state index in [1.165, 1.54) is 0 Å². The molecule has 154 valence electrons. The third-order valence-corrected chi connectivity index (χ3v) is 4.51. The number of fused-ring (bicyclic) bond motifs is 1. The van der Waals surface area contributed by atoms with E-state index in [0.717, 1.165) is 22.3 Å². The summed E-state index contributed by atoms with van der Waals surface area (Å²) in [6.45, 7) is 3.04. The fourth-order valence-corrected chi connectivity index (χ4v) is 3.10. The fourth-order valence-electron chi connectivity index (χ4n) is 3.10. The Hall–Kier alpha value is -3.58. The van der Waals surface area contributed by atoms with Crippen molar-refractivity contribution in [3.05, 3.63) is 83.9 Å². The molecule has 7 nitrogen and oxygen atoms in total. The van der Waals surface area contributed by atoms with Gasteiger partial charge in [-0.25, -0.2) is 9.78 Å². The van der Waals surface area contributed by atoms with Gasteiger partial charge in [-0.2, -0.15) is 0 Å². The van der Waals surface area contributed by atoms with Crippen molar-refractivity contribution in [2.24, 2.45) is 0 Å². The molecule has 0 fully saturated rings. The largest absolute Gasteiger partial charge is 0.459 e. The highest BCUT2D eigenvalue weighted by Crippen LogP contribution is 2.23. The lowest BCUT2D eigenvalue weighted by molar-refractivity contribution is 0.0780. The van der Waals surface area contributed by atoms with Crippen molar-refractivity contribution in [3.8, 4) is 0 Å². The van der Waals surface area contributed by atoms with Crippen molar-refractivity contribution >= 4 is 22.6 Å². The smallest absolute Gasteiger partial charge is 0.319 e. The Morgan fingerprint density at radius 2 is 2.10 bits per heavy atom. The van der Waals surface area contributed by atoms with E-state index in [4.69, 9.17) is 13.6 Å². The van der Waals surface area contributed by atoms with Gasteiger partial charge in [0.15, 0.2) is 5.76 Å². The van der Waals surface area contributed by atoms with E-state index in [1.807, 2.05) is 61.6 Å². The van der Waals surface area contributed by atoms with Crippen LogP contribution in [0.15, 0.2) is 75.4 Å². The van der Waals surface area contributed by atoms with Crippen LogP contribution in [0.2, 0.25) is 0 Å². The number of aromatic nitrogens is 1. The molecule has 0 saturated carbocycles. The van der Waals surface area contributed by atoms with Crippen molar-refractivity contribution in [2.75, 3.05) is 6.54 Å². The summed E-state index contributed by atoms with van der Waals surface area (Å²) in [5, 5.41) is 6.55. The number of carbonyl (C=O) groups is 1. The van der Waals surface area contributed by atoms with Gasteiger partial charge in [-0.3, -0.25) is 0 Å². The van der Waals surface area contributed by atoms with Crippen LogP contribution in [0, 0.1) is 0 Å². The minimum atomic E-state index is -0.228. The van der Waals surface area contributed by atoms with Crippen LogP contribution < -0.4 is 10.6 Å². The first kappa shape index (κ1) is 19.7. The summed E-state index contributed by atoms with van der Waals surface area (Å²) in [6.07, 6.45) is 9.96. The molecule has 0 bridgehead atoms. The summed E-state index contributed by atoms with van der Waals surface area (Å²) in [6, 6.07) is 9.59. The number of allylic oxidation sites excluding steroid dienone is 5. The summed E-state index contributed by atoms with van der Waals surface area (Å²) < 4.78 is 17.3. The first-order valence-electron chi connectivity index (χ1n) is 9.84. The number of benzene rings is 1. The standard InChI is InChI=1S/C23H23N3O4/c1-2-24-23(27)26-18-8-5-7-16(10-11-18)21-13-25-22(30-21)15-28-14-19-12-17-6-3-4-9-20(17)29-19/h3-6,8-13H,2,7,14-15H2,1H3,(H2,24,26,27). The van der Waals surface area contributed by atoms with Crippen molar-refractivity contribution < 1.29 is 18.4 Å². The number of furan rings is 1. The van der Waals surface area contributed by atoms with E-state index in [2.05, 4.69) is 15.6 Å². The van der Waals surface area contributed by atoms with Gasteiger partial charge >= 0.3 is 6.03 Å². The maximum absolute atomic E-state index is 11.7. The number of amides is 2. The van der Waals surface area contributed by atoms with Crippen LogP contribution in [-0.4, -0.2) is 17.6 Å². The van der Waals surface area contributed by atoms with Crippen LogP contribution in [-0.2, 0) is 18.0 Å². The van der Waals surface area contributed by atoms with Crippen LogP contribution in [0.25, 0.3) is 16.5 Å². The molecule has 2 N–H and O–H groups in total. The Balaban J connectivity index is 1.34. The quantitative estimate of drug-likeness (QED) is 0.595. The number of rotatable bonds is 7. The van der Waals surface area contributed by atoms with Crippen LogP contribution in [0.3, 0.4) is 0 Å². The zero-order valence-corrected chi connectivity index (χ0v) is 16.7. The maximum Gasteiger partial charge on any atom is 0.319 e. The number of nitrogens with zero attached hydrogens (tertiary/aromatic N) is 1. The predicted octanol–water partition coefficient (Wildman–Crippen LogP) is 4.68. The number of para-hydroxylation sites is 1. The third kappa shape index (κ3) is 4.87. The molecule has 3 aromatic rings. The molecule has 0 unspecified atom stereocenters. The number of hydrogen-bond donors (Lipinski definition) is 2. The van der Waals surface area contributed by atoms with Crippen LogP contribution in [0.5, 0.6) is 0 Å². The first-order valence-corrected chi connectivity index (χ1v) is 9.84. The number of nitrogens with one attached hydrogen (secondary N) is 2. The number of urea groups is 1. The summed E-state index contributed by atoms with van der Waals surface area (Å²) in [4.78, 5) is 16.0. The van der Waals surface area contributed by atoms with Gasteiger partial charge in [0, 0.05) is 23.2 Å². The van der Waals surface area contributed by atoms with Crippen LogP contribution >= 0.6 is 0 Å². The lowest BCUT2D eigenvalue weighted by Gasteiger charge is -2.04. The van der Waals surface area contributed by atoms with E-state index in [9.17, 15) is 4.79 Å². The molecule has 1 aliphatic carbocycles. The fraction of sp³-hybridized carbons (Fsp3) is 0.217. The molecule has 2 amide bonds. The molecular weight excluding hydrogens is 382 g/mol. The minimum Gasteiger partial charge on any atom is -0.459 e. The van der Waals surface area contributed by atoms with E-state index in [-0.39, 0.29) is 12.6 Å². The van der Waals surface area contributed by atoms with Crippen molar-refractivity contribution in [1.82, 2.24) is 15.6 Å². The van der Waals surface area contributed by atoms with E-state index >= 15 is 0 Å². The highest BCUT2D eigenvalue weighted by atomic mass is 16.5. The van der Waals surface area contributed by atoms with Crippen LogP contribution in [0.4, 0.5) is 4.79 Å². The number of oxazole rings is 1. The number of ether oxygens (including phenoxy) is 1. The zero-order chi connectivity index (χ0) is 20.8. The predicted molar refractivity (Wildman–Crippen MR) is 113 cm³/mol. The van der Waals surface area contributed by atoms with Crippen molar-refractivity contribution in [3.63, 3.8) is 0 Å². The number of hydrogen-bond acceptors (Lipinski definition) is 5. The van der Waals surface area contributed by atoms with Gasteiger partial charge in [0.05, 0.1) is 6.20 Å². The second kappa shape index (κ2) is 9.28. The molecule has 2 aromatic heterocycles. The lowest BCUT2D eigenvalue weighted by Crippen LogP contribution is -2.34. The lowest BCUT2D eigenvalue weighted by atomic mass is 10.1. The van der Waals surface area contributed by atoms with Crippen molar-refractivity contribution in [2.45, 2.75) is 26.6 Å². The Morgan fingerprint density at radius 1 is 1.20 bits per heavy atom. The summed E-state index contributed by atoms with van der Waals surface area (Å²) in [5.41, 5.74) is 2.52. The zero-order valence-electron chi connectivity index (χ0n) is 16.7. The minimum absolute atomic E-state index is 0.228. The van der Waals surface area contributed by atoms with E-state index < -0.39 is 0 Å². The molecule has 4 rings (SSSR count). The highest BCUT2D eigenvalue weighted by molar-refractivity contribution is 5.78. The Morgan fingerprint density at radius 3 is 2.97 bits per heavy atom. The molecule has 0 saturated heterocycles. The van der Waals surface area contributed by atoms with Gasteiger partial charge in [-0.05, 0) is 37.6 Å². The van der Waals surface area contributed by atoms with Gasteiger partial charge in [-0.15, -0.1) is 0 Å². The summed E-state index contributed by atoms with van der Waals surface area (Å²) in [5.74, 6) is 1.94. The Labute approximate surface area is 174 Å². The second-order valence-electron chi connectivity index (χ2n) is 6.77. The molecule has 0 spiro atoms. The van der Waals surface area contributed by atoms with Gasteiger partial charge in [0.25, 0.3) is 0 Å². The first-order chi connectivity index (χ1) is 14.7. The molecule has 0 atom stereocenters. The molecule has 30 heavy (non-hydrogen) atoms. The normalized spacial score (nSPS) is 13.6. The molecular formula is C23H23N3O4. The SMILES string of the molecule is CCNC(=O)NC1=CC=C(c2cnc(COCc3cc4ccccc4o3)o2)CC=C1. The Kier molecular flexibility index (Phi) is 6.10. The van der Waals surface area contributed by atoms with Crippen molar-refractivity contribution in [1.29, 1.82) is 0 Å². The summed E-state index contributed by atoms with van der Waals surface area (Å²) in [7, 11) is 0. The molecule has 7 heteroatoms. The average molecular weight is 405 g/mol. The molecule has 1 aromatic carbocycles. The highest BCUT2D eigenvalue weighted by Gasteiger charge is 2.11. The second-order valence-corrected chi connectivity index (χ2v) is 6.77. The third-order valence-electron chi connectivity index (χ3n) is 4.51. The van der Waals surface area contributed by atoms with E-state index in [1.54, 1.807) is 6.20 Å². The maximum atomic E-state index is 11.7. The van der Waals surface area contributed by atoms with Gasteiger partial charge in [-0.1, -0.05) is 30.4 Å². The van der Waals surface area contributed by atoms with Gasteiger partial charge in [0.2, 0.25) is 5.89 Å².